The lowest BCUT2D eigenvalue weighted by atomic mass is 9.97. The van der Waals surface area contributed by atoms with Gasteiger partial charge in [-0.25, -0.2) is 0 Å². The van der Waals surface area contributed by atoms with Crippen molar-refractivity contribution in [2.24, 2.45) is 5.73 Å². The molecule has 1 heterocycles. The monoisotopic (exact) mass is 225 g/mol. The number of hydroxylamine groups is 1. The van der Waals surface area contributed by atoms with Crippen molar-refractivity contribution in [2.75, 3.05) is 13.2 Å². The van der Waals surface area contributed by atoms with Crippen LogP contribution in [0.25, 0.3) is 0 Å². The van der Waals surface area contributed by atoms with Gasteiger partial charge in [0.05, 0.1) is 12.6 Å². The summed E-state index contributed by atoms with van der Waals surface area (Å²) in [6, 6.07) is -0.284. The number of nitrogens with one attached hydrogen (secondary N) is 2. The summed E-state index contributed by atoms with van der Waals surface area (Å²) < 4.78 is 0. The van der Waals surface area contributed by atoms with Crippen LogP contribution in [0.15, 0.2) is 24.3 Å². The summed E-state index contributed by atoms with van der Waals surface area (Å²) in [7, 11) is 0. The van der Waals surface area contributed by atoms with Gasteiger partial charge < -0.3 is 11.1 Å². The van der Waals surface area contributed by atoms with Crippen LogP contribution in [-0.2, 0) is 9.63 Å². The Kier molecular flexibility index (Phi) is 5.18. The maximum absolute atomic E-state index is 11.1. The molecule has 2 atom stereocenters. The molecule has 1 aliphatic heterocycles. The Balaban J connectivity index is 2.55. The van der Waals surface area contributed by atoms with Gasteiger partial charge >= 0.3 is 0 Å². The van der Waals surface area contributed by atoms with Crippen LogP contribution < -0.4 is 16.5 Å². The second-order valence-electron chi connectivity index (χ2n) is 3.66. The summed E-state index contributed by atoms with van der Waals surface area (Å²) in [6.07, 6.45) is 4.45. The quantitative estimate of drug-likeness (QED) is 0.334. The SMILES string of the molecule is C=CCONC1C=C(CC)[C@H](C(N)=O)NC1. The van der Waals surface area contributed by atoms with Crippen molar-refractivity contribution in [1.29, 1.82) is 0 Å². The molecule has 90 valence electrons. The van der Waals surface area contributed by atoms with E-state index >= 15 is 0 Å². The van der Waals surface area contributed by atoms with E-state index in [9.17, 15) is 4.79 Å². The second kappa shape index (κ2) is 6.42. The topological polar surface area (TPSA) is 76.4 Å². The Morgan fingerprint density at radius 3 is 3.19 bits per heavy atom. The van der Waals surface area contributed by atoms with Crippen LogP contribution in [0.1, 0.15) is 13.3 Å². The van der Waals surface area contributed by atoms with Gasteiger partial charge in [-0.2, -0.15) is 5.48 Å². The van der Waals surface area contributed by atoms with Gasteiger partial charge in [0, 0.05) is 6.54 Å². The number of rotatable bonds is 6. The molecule has 16 heavy (non-hydrogen) atoms. The summed E-state index contributed by atoms with van der Waals surface area (Å²) in [6.45, 7) is 6.62. The first kappa shape index (κ1) is 12.9. The van der Waals surface area contributed by atoms with E-state index in [1.165, 1.54) is 0 Å². The lowest BCUT2D eigenvalue weighted by Crippen LogP contribution is -2.51. The van der Waals surface area contributed by atoms with Gasteiger partial charge in [0.2, 0.25) is 5.91 Å². The standard InChI is InChI=1S/C11H19N3O2/c1-3-5-16-14-9-6-8(4-2)10(11(12)15)13-7-9/h3,6,9-10,13-14H,1,4-5,7H2,2H3,(H2,12,15)/t9?,10-/m1/s1. The normalized spacial score (nSPS) is 24.9. The molecule has 1 amide bonds. The van der Waals surface area contributed by atoms with Gasteiger partial charge in [0.1, 0.15) is 6.04 Å². The van der Waals surface area contributed by atoms with Crippen LogP contribution in [-0.4, -0.2) is 31.1 Å². The molecule has 0 aromatic carbocycles. The summed E-state index contributed by atoms with van der Waals surface area (Å²) in [5.74, 6) is -0.335. The molecule has 1 unspecified atom stereocenters. The van der Waals surface area contributed by atoms with Crippen LogP contribution in [0.4, 0.5) is 0 Å². The average Bonchev–Trinajstić information content (AvgIpc) is 2.29. The number of carbonyl (C=O) groups excluding carboxylic acids is 1. The maximum Gasteiger partial charge on any atom is 0.238 e. The van der Waals surface area contributed by atoms with Gasteiger partial charge in [-0.05, 0) is 12.0 Å². The molecule has 1 rings (SSSR count). The van der Waals surface area contributed by atoms with Gasteiger partial charge in [0.25, 0.3) is 0 Å². The first-order valence-corrected chi connectivity index (χ1v) is 5.40. The molecule has 0 saturated heterocycles. The molecule has 0 aliphatic carbocycles. The third kappa shape index (κ3) is 3.44. The van der Waals surface area contributed by atoms with E-state index in [4.69, 9.17) is 10.6 Å². The number of carbonyl (C=O) groups is 1. The summed E-state index contributed by atoms with van der Waals surface area (Å²) in [5, 5.41) is 3.09. The molecule has 5 heteroatoms. The number of primary amides is 1. The van der Waals surface area contributed by atoms with Crippen LogP contribution >= 0.6 is 0 Å². The molecular formula is C11H19N3O2. The van der Waals surface area contributed by atoms with Crippen molar-refractivity contribution < 1.29 is 9.63 Å². The fourth-order valence-corrected chi connectivity index (χ4v) is 1.68. The Morgan fingerprint density at radius 2 is 2.62 bits per heavy atom. The highest BCUT2D eigenvalue weighted by atomic mass is 16.6. The van der Waals surface area contributed by atoms with E-state index in [1.54, 1.807) is 6.08 Å². The van der Waals surface area contributed by atoms with Gasteiger partial charge in [-0.1, -0.05) is 19.1 Å². The lowest BCUT2D eigenvalue weighted by Gasteiger charge is -2.28. The molecule has 0 aromatic rings. The molecule has 0 aromatic heterocycles. The van der Waals surface area contributed by atoms with Crippen LogP contribution in [0.3, 0.4) is 0 Å². The third-order valence-corrected chi connectivity index (χ3v) is 2.46. The minimum atomic E-state index is -0.345. The zero-order valence-electron chi connectivity index (χ0n) is 9.53. The fraction of sp³-hybridized carbons (Fsp3) is 0.545. The molecular weight excluding hydrogens is 206 g/mol. The van der Waals surface area contributed by atoms with E-state index in [1.807, 2.05) is 13.0 Å². The predicted octanol–water partition coefficient (Wildman–Crippen LogP) is -0.144. The zero-order chi connectivity index (χ0) is 12.0. The number of hydrogen-bond donors (Lipinski definition) is 3. The summed E-state index contributed by atoms with van der Waals surface area (Å²) in [4.78, 5) is 16.3. The molecule has 5 nitrogen and oxygen atoms in total. The van der Waals surface area contributed by atoms with E-state index in [0.29, 0.717) is 13.2 Å². The van der Waals surface area contributed by atoms with Gasteiger partial charge in [0.15, 0.2) is 0 Å². The second-order valence-corrected chi connectivity index (χ2v) is 3.66. The largest absolute Gasteiger partial charge is 0.368 e. The van der Waals surface area contributed by atoms with E-state index in [0.717, 1.165) is 12.0 Å². The minimum absolute atomic E-state index is 0.0606. The molecule has 1 aliphatic rings. The van der Waals surface area contributed by atoms with Crippen molar-refractivity contribution in [3.8, 4) is 0 Å². The Labute approximate surface area is 95.7 Å². The summed E-state index contributed by atoms with van der Waals surface area (Å²) >= 11 is 0. The molecule has 0 saturated carbocycles. The molecule has 4 N–H and O–H groups in total. The van der Waals surface area contributed by atoms with Crippen LogP contribution in [0.5, 0.6) is 0 Å². The van der Waals surface area contributed by atoms with Crippen molar-refractivity contribution in [3.63, 3.8) is 0 Å². The number of amides is 1. The number of nitrogens with two attached hydrogens (primary N) is 1. The molecule has 0 bridgehead atoms. The van der Waals surface area contributed by atoms with Gasteiger partial charge in [-0.15, -0.1) is 6.58 Å². The number of hydrogen-bond acceptors (Lipinski definition) is 4. The smallest absolute Gasteiger partial charge is 0.238 e. The van der Waals surface area contributed by atoms with Crippen LogP contribution in [0, 0.1) is 0 Å². The van der Waals surface area contributed by atoms with E-state index in [-0.39, 0.29) is 18.0 Å². The fourth-order valence-electron chi connectivity index (χ4n) is 1.68. The highest BCUT2D eigenvalue weighted by molar-refractivity contribution is 5.83. The first-order chi connectivity index (χ1) is 7.69. The van der Waals surface area contributed by atoms with Crippen molar-refractivity contribution in [3.05, 3.63) is 24.3 Å². The Hall–Kier alpha value is -1.17. The zero-order valence-corrected chi connectivity index (χ0v) is 9.53. The van der Waals surface area contributed by atoms with E-state index < -0.39 is 0 Å². The molecule has 0 fully saturated rings. The average molecular weight is 225 g/mol. The third-order valence-electron chi connectivity index (χ3n) is 2.46. The Morgan fingerprint density at radius 1 is 1.88 bits per heavy atom. The van der Waals surface area contributed by atoms with Crippen molar-refractivity contribution in [1.82, 2.24) is 10.8 Å². The lowest BCUT2D eigenvalue weighted by molar-refractivity contribution is -0.119. The maximum atomic E-state index is 11.1. The van der Waals surface area contributed by atoms with Crippen molar-refractivity contribution >= 4 is 5.91 Å². The molecule has 0 radical (unpaired) electrons. The molecule has 0 spiro atoms. The predicted molar refractivity (Wildman–Crippen MR) is 62.4 cm³/mol. The highest BCUT2D eigenvalue weighted by Gasteiger charge is 2.25. The highest BCUT2D eigenvalue weighted by Crippen LogP contribution is 2.12. The first-order valence-electron chi connectivity index (χ1n) is 5.40. The minimum Gasteiger partial charge on any atom is -0.368 e. The van der Waals surface area contributed by atoms with Gasteiger partial charge in [-0.3, -0.25) is 9.63 Å². The summed E-state index contributed by atoms with van der Waals surface area (Å²) in [5.41, 5.74) is 9.18. The Bertz CT molecular complexity index is 289. The van der Waals surface area contributed by atoms with Crippen LogP contribution in [0.2, 0.25) is 0 Å². The van der Waals surface area contributed by atoms with E-state index in [2.05, 4.69) is 17.4 Å². The van der Waals surface area contributed by atoms with Crippen molar-refractivity contribution in [2.45, 2.75) is 25.4 Å².